The number of aryl methyl sites for hydroxylation is 1. The van der Waals surface area contributed by atoms with Crippen LogP contribution in [0.1, 0.15) is 28.7 Å². The molecule has 0 radical (unpaired) electrons. The number of pyridine rings is 1. The summed E-state index contributed by atoms with van der Waals surface area (Å²) in [6, 6.07) is 11.1. The molecule has 0 atom stereocenters. The van der Waals surface area contributed by atoms with Gasteiger partial charge in [0.2, 0.25) is 0 Å². The molecule has 1 amide bonds. The van der Waals surface area contributed by atoms with Gasteiger partial charge in [-0.1, -0.05) is 6.07 Å². The molecule has 0 aliphatic heterocycles. The maximum absolute atomic E-state index is 12.6. The number of nitrogens with zero attached hydrogens (tertiary/aromatic N) is 2. The van der Waals surface area contributed by atoms with E-state index in [4.69, 9.17) is 5.73 Å². The fraction of sp³-hybridized carbons (Fsp3) is 0.250. The Morgan fingerprint density at radius 2 is 2.10 bits per heavy atom. The maximum Gasteiger partial charge on any atom is 0.254 e. The highest BCUT2D eigenvalue weighted by atomic mass is 79.9. The highest BCUT2D eigenvalue weighted by molar-refractivity contribution is 9.10. The van der Waals surface area contributed by atoms with Gasteiger partial charge in [-0.25, -0.2) is 0 Å². The zero-order valence-corrected chi connectivity index (χ0v) is 13.7. The first-order chi connectivity index (χ1) is 10.0. The predicted octanol–water partition coefficient (Wildman–Crippen LogP) is 3.40. The van der Waals surface area contributed by atoms with Crippen molar-refractivity contribution < 1.29 is 4.79 Å². The Hall–Kier alpha value is -1.88. The van der Waals surface area contributed by atoms with Gasteiger partial charge in [0, 0.05) is 28.0 Å². The van der Waals surface area contributed by atoms with Crippen LogP contribution in [0.3, 0.4) is 0 Å². The third-order valence-corrected chi connectivity index (χ3v) is 3.90. The molecule has 0 saturated carbocycles. The minimum absolute atomic E-state index is 0.0264. The molecular weight excluding hydrogens is 330 g/mol. The Kier molecular flexibility index (Phi) is 4.96. The summed E-state index contributed by atoms with van der Waals surface area (Å²) >= 11 is 3.35. The second-order valence-corrected chi connectivity index (χ2v) is 5.68. The monoisotopic (exact) mass is 347 g/mol. The number of halogens is 1. The number of benzene rings is 1. The lowest BCUT2D eigenvalue weighted by atomic mass is 10.1. The minimum Gasteiger partial charge on any atom is -0.398 e. The molecule has 1 aromatic carbocycles. The van der Waals surface area contributed by atoms with Gasteiger partial charge in [0.1, 0.15) is 0 Å². The first-order valence-corrected chi connectivity index (χ1v) is 7.57. The van der Waals surface area contributed by atoms with Gasteiger partial charge in [-0.2, -0.15) is 0 Å². The van der Waals surface area contributed by atoms with Gasteiger partial charge in [-0.3, -0.25) is 9.78 Å². The molecule has 2 aromatic rings. The van der Waals surface area contributed by atoms with Crippen molar-refractivity contribution >= 4 is 27.5 Å². The van der Waals surface area contributed by atoms with E-state index in [0.29, 0.717) is 24.3 Å². The van der Waals surface area contributed by atoms with Crippen molar-refractivity contribution in [1.29, 1.82) is 0 Å². The number of nitrogens with two attached hydrogens (primary N) is 1. The van der Waals surface area contributed by atoms with Crippen molar-refractivity contribution in [3.63, 3.8) is 0 Å². The van der Waals surface area contributed by atoms with E-state index in [1.807, 2.05) is 32.0 Å². The van der Waals surface area contributed by atoms with Crippen LogP contribution in [0, 0.1) is 6.92 Å². The van der Waals surface area contributed by atoms with Crippen LogP contribution in [0.25, 0.3) is 0 Å². The Bertz CT molecular complexity index is 658. The molecular formula is C16H18BrN3O. The smallest absolute Gasteiger partial charge is 0.254 e. The highest BCUT2D eigenvalue weighted by Gasteiger charge is 2.16. The summed E-state index contributed by atoms with van der Waals surface area (Å²) in [6.07, 6.45) is 0. The molecule has 2 N–H and O–H groups in total. The van der Waals surface area contributed by atoms with Gasteiger partial charge in [-0.15, -0.1) is 0 Å². The molecule has 4 nitrogen and oxygen atoms in total. The van der Waals surface area contributed by atoms with Crippen molar-refractivity contribution in [2.45, 2.75) is 20.4 Å². The summed E-state index contributed by atoms with van der Waals surface area (Å²) in [7, 11) is 0. The first-order valence-electron chi connectivity index (χ1n) is 6.78. The van der Waals surface area contributed by atoms with Gasteiger partial charge < -0.3 is 10.6 Å². The van der Waals surface area contributed by atoms with Crippen molar-refractivity contribution in [2.24, 2.45) is 0 Å². The fourth-order valence-electron chi connectivity index (χ4n) is 2.05. The van der Waals surface area contributed by atoms with Crippen LogP contribution in [-0.2, 0) is 6.54 Å². The van der Waals surface area contributed by atoms with Crippen LogP contribution in [-0.4, -0.2) is 22.3 Å². The van der Waals surface area contributed by atoms with E-state index >= 15 is 0 Å². The Labute approximate surface area is 133 Å². The van der Waals surface area contributed by atoms with Crippen molar-refractivity contribution in [3.05, 3.63) is 57.8 Å². The van der Waals surface area contributed by atoms with Crippen molar-refractivity contribution in [2.75, 3.05) is 12.3 Å². The average Bonchev–Trinajstić information content (AvgIpc) is 2.47. The van der Waals surface area contributed by atoms with Crippen molar-refractivity contribution in [1.82, 2.24) is 9.88 Å². The summed E-state index contributed by atoms with van der Waals surface area (Å²) in [5, 5.41) is 0. The standard InChI is InChI=1S/C16H18BrN3O/c1-3-20(10-13-6-4-5-11(2)19-13)16(21)12-7-8-15(18)14(17)9-12/h4-9H,3,10,18H2,1-2H3. The number of amides is 1. The van der Waals surface area contributed by atoms with Crippen LogP contribution in [0.2, 0.25) is 0 Å². The van der Waals surface area contributed by atoms with Gasteiger partial charge in [0.15, 0.2) is 0 Å². The first kappa shape index (κ1) is 15.5. The van der Waals surface area contributed by atoms with Crippen LogP contribution in [0.15, 0.2) is 40.9 Å². The van der Waals surface area contributed by atoms with E-state index in [9.17, 15) is 4.79 Å². The summed E-state index contributed by atoms with van der Waals surface area (Å²) < 4.78 is 0.734. The molecule has 2 rings (SSSR count). The lowest BCUT2D eigenvalue weighted by Crippen LogP contribution is -2.30. The van der Waals surface area contributed by atoms with Crippen LogP contribution in [0.4, 0.5) is 5.69 Å². The minimum atomic E-state index is -0.0264. The average molecular weight is 348 g/mol. The number of nitrogen functional groups attached to an aromatic ring is 1. The molecule has 0 unspecified atom stereocenters. The lowest BCUT2D eigenvalue weighted by molar-refractivity contribution is 0.0750. The largest absolute Gasteiger partial charge is 0.398 e. The fourth-order valence-corrected chi connectivity index (χ4v) is 2.43. The SMILES string of the molecule is CCN(Cc1cccc(C)n1)C(=O)c1ccc(N)c(Br)c1. The van der Waals surface area contributed by atoms with Crippen LogP contribution < -0.4 is 5.73 Å². The number of rotatable bonds is 4. The molecule has 0 fully saturated rings. The number of carbonyl (C=O) groups excluding carboxylic acids is 1. The normalized spacial score (nSPS) is 10.4. The van der Waals surface area contributed by atoms with Gasteiger partial charge in [-0.05, 0) is 60.1 Å². The van der Waals surface area contributed by atoms with Crippen LogP contribution >= 0.6 is 15.9 Å². The van der Waals surface area contributed by atoms with E-state index in [2.05, 4.69) is 20.9 Å². The number of hydrogen-bond donors (Lipinski definition) is 1. The van der Waals surface area contributed by atoms with Crippen LogP contribution in [0.5, 0.6) is 0 Å². The zero-order valence-electron chi connectivity index (χ0n) is 12.1. The quantitative estimate of drug-likeness (QED) is 0.862. The summed E-state index contributed by atoms with van der Waals surface area (Å²) in [4.78, 5) is 18.8. The second kappa shape index (κ2) is 6.72. The summed E-state index contributed by atoms with van der Waals surface area (Å²) in [5.41, 5.74) is 8.83. The molecule has 0 aliphatic rings. The van der Waals surface area contributed by atoms with Gasteiger partial charge in [0.05, 0.1) is 12.2 Å². The number of carbonyl (C=O) groups is 1. The Morgan fingerprint density at radius 1 is 1.33 bits per heavy atom. The maximum atomic E-state index is 12.6. The number of aromatic nitrogens is 1. The van der Waals surface area contributed by atoms with Gasteiger partial charge >= 0.3 is 0 Å². The highest BCUT2D eigenvalue weighted by Crippen LogP contribution is 2.21. The topological polar surface area (TPSA) is 59.2 Å². The predicted molar refractivity (Wildman–Crippen MR) is 87.9 cm³/mol. The van der Waals surface area contributed by atoms with Gasteiger partial charge in [0.25, 0.3) is 5.91 Å². The molecule has 110 valence electrons. The summed E-state index contributed by atoms with van der Waals surface area (Å²) in [6.45, 7) is 5.02. The lowest BCUT2D eigenvalue weighted by Gasteiger charge is -2.21. The number of anilines is 1. The van der Waals surface area contributed by atoms with E-state index < -0.39 is 0 Å². The second-order valence-electron chi connectivity index (χ2n) is 4.83. The molecule has 21 heavy (non-hydrogen) atoms. The van der Waals surface area contributed by atoms with E-state index in [1.165, 1.54) is 0 Å². The molecule has 0 bridgehead atoms. The molecule has 1 aromatic heterocycles. The Balaban J connectivity index is 2.20. The van der Waals surface area contributed by atoms with E-state index in [1.54, 1.807) is 23.1 Å². The molecule has 1 heterocycles. The summed E-state index contributed by atoms with van der Waals surface area (Å²) in [5.74, 6) is -0.0264. The molecule has 5 heteroatoms. The molecule has 0 aliphatic carbocycles. The molecule has 0 spiro atoms. The van der Waals surface area contributed by atoms with Crippen molar-refractivity contribution in [3.8, 4) is 0 Å². The molecule has 0 saturated heterocycles. The zero-order chi connectivity index (χ0) is 15.4. The van der Waals surface area contributed by atoms with E-state index in [-0.39, 0.29) is 5.91 Å². The number of hydrogen-bond acceptors (Lipinski definition) is 3. The third-order valence-electron chi connectivity index (χ3n) is 3.22. The Morgan fingerprint density at radius 3 is 2.71 bits per heavy atom. The third kappa shape index (κ3) is 3.82. The van der Waals surface area contributed by atoms with E-state index in [0.717, 1.165) is 15.9 Å².